The maximum atomic E-state index is 10.6. The Bertz CT molecular complexity index is 799. The minimum atomic E-state index is 0.324. The molecule has 0 spiro atoms. The number of anilines is 1. The van der Waals surface area contributed by atoms with Crippen molar-refractivity contribution in [3.05, 3.63) is 30.2 Å². The third-order valence-corrected chi connectivity index (χ3v) is 2.73. The van der Waals surface area contributed by atoms with Crippen molar-refractivity contribution in [2.45, 2.75) is 0 Å². The molecule has 0 radical (unpaired) electrons. The van der Waals surface area contributed by atoms with Crippen LogP contribution in [0.15, 0.2) is 24.7 Å². The summed E-state index contributed by atoms with van der Waals surface area (Å²) in [4.78, 5) is 22.0. The first-order valence-corrected chi connectivity index (χ1v) is 5.19. The number of aromatic nitrogens is 3. The number of nitrogens with one attached hydrogen (secondary N) is 2. The molecular weight excluding hydrogens is 230 g/mol. The molecule has 0 saturated heterocycles. The summed E-state index contributed by atoms with van der Waals surface area (Å²) in [5.41, 5.74) is 3.09. The average Bonchev–Trinajstić information content (AvgIpc) is 2.84. The van der Waals surface area contributed by atoms with E-state index in [1.165, 1.54) is 6.20 Å². The fourth-order valence-electron chi connectivity index (χ4n) is 1.92. The van der Waals surface area contributed by atoms with Crippen LogP contribution in [0.4, 0.5) is 5.69 Å². The van der Waals surface area contributed by atoms with Crippen LogP contribution in [0.2, 0.25) is 0 Å². The second-order valence-electron chi connectivity index (χ2n) is 3.71. The summed E-state index contributed by atoms with van der Waals surface area (Å²) < 4.78 is 0. The molecule has 2 aromatic heterocycles. The molecule has 0 unspecified atom stereocenters. The second kappa shape index (κ2) is 3.82. The Hall–Kier alpha value is -2.94. The van der Waals surface area contributed by atoms with E-state index in [2.05, 4.69) is 20.3 Å². The second-order valence-corrected chi connectivity index (χ2v) is 3.71. The standard InChI is InChI=1S/C12H7N5O/c13-3-7-4-14-9-2-11-10(15-5-16-11)1-8(9)12(7)17-6-18/h1-2,4-6H,(H,15,16)(H,14,17,18). The zero-order valence-corrected chi connectivity index (χ0v) is 9.14. The van der Waals surface area contributed by atoms with Crippen molar-refractivity contribution >= 4 is 34.0 Å². The summed E-state index contributed by atoms with van der Waals surface area (Å²) in [7, 11) is 0. The summed E-state index contributed by atoms with van der Waals surface area (Å²) in [6.07, 6.45) is 3.57. The highest BCUT2D eigenvalue weighted by Crippen LogP contribution is 2.28. The van der Waals surface area contributed by atoms with Gasteiger partial charge in [-0.2, -0.15) is 5.26 Å². The van der Waals surface area contributed by atoms with Gasteiger partial charge in [0.15, 0.2) is 0 Å². The number of imidazole rings is 1. The number of carbonyl (C=O) groups excluding carboxylic acids is 1. The number of nitriles is 1. The van der Waals surface area contributed by atoms with Gasteiger partial charge in [-0.1, -0.05) is 0 Å². The van der Waals surface area contributed by atoms with E-state index < -0.39 is 0 Å². The summed E-state index contributed by atoms with van der Waals surface area (Å²) in [5, 5.41) is 12.3. The Morgan fingerprint density at radius 3 is 3.00 bits per heavy atom. The summed E-state index contributed by atoms with van der Waals surface area (Å²) in [6.45, 7) is 0. The average molecular weight is 237 g/mol. The number of amides is 1. The molecule has 1 aromatic carbocycles. The number of carbonyl (C=O) groups is 1. The highest BCUT2D eigenvalue weighted by molar-refractivity contribution is 6.03. The van der Waals surface area contributed by atoms with Gasteiger partial charge in [0.25, 0.3) is 0 Å². The van der Waals surface area contributed by atoms with E-state index >= 15 is 0 Å². The van der Waals surface area contributed by atoms with Crippen LogP contribution in [0.5, 0.6) is 0 Å². The van der Waals surface area contributed by atoms with Crippen molar-refractivity contribution in [3.63, 3.8) is 0 Å². The molecule has 2 N–H and O–H groups in total. The van der Waals surface area contributed by atoms with Gasteiger partial charge in [-0.25, -0.2) is 4.98 Å². The van der Waals surface area contributed by atoms with Crippen LogP contribution in [0, 0.1) is 11.3 Å². The van der Waals surface area contributed by atoms with Crippen LogP contribution in [-0.4, -0.2) is 21.4 Å². The van der Waals surface area contributed by atoms with E-state index in [9.17, 15) is 4.79 Å². The zero-order valence-electron chi connectivity index (χ0n) is 9.14. The number of nitrogens with zero attached hydrogens (tertiary/aromatic N) is 3. The molecule has 1 amide bonds. The Morgan fingerprint density at radius 1 is 1.33 bits per heavy atom. The van der Waals surface area contributed by atoms with Crippen molar-refractivity contribution in [2.24, 2.45) is 0 Å². The third kappa shape index (κ3) is 1.38. The molecule has 0 atom stereocenters. The maximum Gasteiger partial charge on any atom is 0.211 e. The lowest BCUT2D eigenvalue weighted by Gasteiger charge is -2.06. The zero-order chi connectivity index (χ0) is 12.5. The van der Waals surface area contributed by atoms with Gasteiger partial charge in [-0.15, -0.1) is 0 Å². The van der Waals surface area contributed by atoms with Crippen LogP contribution < -0.4 is 5.32 Å². The minimum absolute atomic E-state index is 0.324. The first-order chi connectivity index (χ1) is 8.83. The molecular formula is C12H7N5O. The third-order valence-electron chi connectivity index (χ3n) is 2.73. The van der Waals surface area contributed by atoms with Gasteiger partial charge >= 0.3 is 0 Å². The van der Waals surface area contributed by atoms with E-state index in [1.807, 2.05) is 12.1 Å². The number of aromatic amines is 1. The van der Waals surface area contributed by atoms with Crippen LogP contribution in [0.1, 0.15) is 5.56 Å². The first kappa shape index (κ1) is 10.2. The Morgan fingerprint density at radius 2 is 2.22 bits per heavy atom. The highest BCUT2D eigenvalue weighted by atomic mass is 16.1. The fourth-order valence-corrected chi connectivity index (χ4v) is 1.92. The van der Waals surface area contributed by atoms with Gasteiger partial charge in [0.05, 0.1) is 34.1 Å². The van der Waals surface area contributed by atoms with Crippen LogP contribution in [0.25, 0.3) is 21.9 Å². The van der Waals surface area contributed by atoms with Crippen LogP contribution in [0.3, 0.4) is 0 Å². The van der Waals surface area contributed by atoms with E-state index in [-0.39, 0.29) is 0 Å². The lowest BCUT2D eigenvalue weighted by atomic mass is 10.1. The summed E-state index contributed by atoms with van der Waals surface area (Å²) >= 11 is 0. The number of H-pyrrole nitrogens is 1. The molecule has 0 aliphatic carbocycles. The van der Waals surface area contributed by atoms with Gasteiger partial charge < -0.3 is 10.3 Å². The predicted molar refractivity (Wildman–Crippen MR) is 65.8 cm³/mol. The number of hydrogen-bond acceptors (Lipinski definition) is 4. The minimum Gasteiger partial charge on any atom is -0.345 e. The molecule has 0 saturated carbocycles. The molecule has 3 rings (SSSR count). The van der Waals surface area contributed by atoms with Gasteiger partial charge in [0, 0.05) is 11.6 Å². The lowest BCUT2D eigenvalue weighted by Crippen LogP contribution is -1.99. The maximum absolute atomic E-state index is 10.6. The highest BCUT2D eigenvalue weighted by Gasteiger charge is 2.10. The Kier molecular flexibility index (Phi) is 2.17. The molecule has 0 aliphatic rings. The van der Waals surface area contributed by atoms with Crippen molar-refractivity contribution in [3.8, 4) is 6.07 Å². The summed E-state index contributed by atoms with van der Waals surface area (Å²) in [5.74, 6) is 0. The molecule has 0 bridgehead atoms. The van der Waals surface area contributed by atoms with Gasteiger partial charge in [-0.05, 0) is 12.1 Å². The SMILES string of the molecule is N#Cc1cnc2cc3[nH]cnc3cc2c1NC=O. The number of pyridine rings is 1. The number of rotatable bonds is 2. The fraction of sp³-hybridized carbons (Fsp3) is 0. The largest absolute Gasteiger partial charge is 0.345 e. The molecule has 2 heterocycles. The topological polar surface area (TPSA) is 94.5 Å². The summed E-state index contributed by atoms with van der Waals surface area (Å²) in [6, 6.07) is 5.62. The molecule has 3 aromatic rings. The Labute approximate surface area is 101 Å². The molecule has 18 heavy (non-hydrogen) atoms. The van der Waals surface area contributed by atoms with Gasteiger partial charge in [-0.3, -0.25) is 9.78 Å². The monoisotopic (exact) mass is 237 g/mol. The van der Waals surface area contributed by atoms with Gasteiger partial charge in [0.2, 0.25) is 6.41 Å². The molecule has 6 heteroatoms. The van der Waals surface area contributed by atoms with Crippen LogP contribution >= 0.6 is 0 Å². The van der Waals surface area contributed by atoms with E-state index in [0.29, 0.717) is 28.6 Å². The van der Waals surface area contributed by atoms with Gasteiger partial charge in [0.1, 0.15) is 6.07 Å². The molecule has 86 valence electrons. The first-order valence-electron chi connectivity index (χ1n) is 5.19. The smallest absolute Gasteiger partial charge is 0.211 e. The number of fused-ring (bicyclic) bond motifs is 2. The quantitative estimate of drug-likeness (QED) is 0.661. The van der Waals surface area contributed by atoms with E-state index in [0.717, 1.165) is 11.0 Å². The molecule has 0 fully saturated rings. The van der Waals surface area contributed by atoms with Crippen LogP contribution in [-0.2, 0) is 4.79 Å². The molecule has 0 aliphatic heterocycles. The van der Waals surface area contributed by atoms with Crippen molar-refractivity contribution in [2.75, 3.05) is 5.32 Å². The normalized spacial score (nSPS) is 10.4. The van der Waals surface area contributed by atoms with Crippen molar-refractivity contribution in [1.29, 1.82) is 5.26 Å². The van der Waals surface area contributed by atoms with E-state index in [1.54, 1.807) is 12.4 Å². The van der Waals surface area contributed by atoms with Crippen molar-refractivity contribution in [1.82, 2.24) is 15.0 Å². The van der Waals surface area contributed by atoms with E-state index in [4.69, 9.17) is 5.26 Å². The number of benzene rings is 1. The predicted octanol–water partition coefficient (Wildman–Crippen LogP) is 1.55. The molecule has 6 nitrogen and oxygen atoms in total. The Balaban J connectivity index is 2.44. The lowest BCUT2D eigenvalue weighted by molar-refractivity contribution is -0.105. The van der Waals surface area contributed by atoms with Crippen molar-refractivity contribution < 1.29 is 4.79 Å². The number of hydrogen-bond donors (Lipinski definition) is 2.